The van der Waals surface area contributed by atoms with Crippen LogP contribution in [0.25, 0.3) is 0 Å². The Kier molecular flexibility index (Phi) is 5.87. The number of nitrogens with one attached hydrogen (secondary N) is 1. The van der Waals surface area contributed by atoms with E-state index in [1.54, 1.807) is 22.3 Å². The first-order valence-electron chi connectivity index (χ1n) is 12.0. The van der Waals surface area contributed by atoms with E-state index < -0.39 is 15.6 Å². The molecule has 3 aliphatic heterocycles. The first kappa shape index (κ1) is 22.9. The molecular formula is C22H34N6O4S. The van der Waals surface area contributed by atoms with E-state index in [0.717, 1.165) is 18.4 Å². The van der Waals surface area contributed by atoms with Gasteiger partial charge in [0, 0.05) is 50.4 Å². The molecule has 0 aromatic carbocycles. The summed E-state index contributed by atoms with van der Waals surface area (Å²) in [6.07, 6.45) is 6.46. The van der Waals surface area contributed by atoms with Gasteiger partial charge in [0.15, 0.2) is 0 Å². The van der Waals surface area contributed by atoms with Crippen LogP contribution in [0, 0.1) is 0 Å². The zero-order valence-corrected chi connectivity index (χ0v) is 20.2. The number of hydrogen-bond donors (Lipinski definition) is 2. The molecule has 4 heterocycles. The van der Waals surface area contributed by atoms with Crippen LogP contribution in [0.1, 0.15) is 51.0 Å². The molecule has 2 atom stereocenters. The number of anilines is 2. The topological polar surface area (TPSA) is 119 Å². The lowest BCUT2D eigenvalue weighted by Gasteiger charge is -2.40. The molecule has 11 heteroatoms. The summed E-state index contributed by atoms with van der Waals surface area (Å²) < 4.78 is 27.2. The first-order valence-corrected chi connectivity index (χ1v) is 13.5. The molecule has 1 aromatic rings. The van der Waals surface area contributed by atoms with Crippen molar-refractivity contribution in [2.75, 3.05) is 43.4 Å². The van der Waals surface area contributed by atoms with Gasteiger partial charge in [-0.2, -0.15) is 4.98 Å². The number of rotatable bonds is 5. The molecule has 5 rings (SSSR count). The molecule has 33 heavy (non-hydrogen) atoms. The van der Waals surface area contributed by atoms with E-state index in [-0.39, 0.29) is 23.2 Å². The first-order chi connectivity index (χ1) is 15.6. The fourth-order valence-electron chi connectivity index (χ4n) is 5.67. The Balaban J connectivity index is 1.27. The Morgan fingerprint density at radius 3 is 2.55 bits per heavy atom. The molecule has 2 saturated heterocycles. The van der Waals surface area contributed by atoms with E-state index in [4.69, 9.17) is 4.98 Å². The highest BCUT2D eigenvalue weighted by Gasteiger charge is 2.45. The minimum Gasteiger partial charge on any atom is -0.388 e. The Labute approximate surface area is 195 Å². The van der Waals surface area contributed by atoms with Crippen molar-refractivity contribution in [3.05, 3.63) is 11.8 Å². The zero-order valence-electron chi connectivity index (χ0n) is 19.4. The van der Waals surface area contributed by atoms with E-state index >= 15 is 0 Å². The standard InChI is InChI=1S/C22H34N6O4S/c1-22(30)9-3-4-18(22)28-19(29)6-5-15-12-23-21(25-20(15)28)24-16-7-10-27(11-8-16)33(31,32)17-13-26(2)14-17/h12,16-18,30H,3-11,13-14H2,1-2H3,(H,23,24,25). The summed E-state index contributed by atoms with van der Waals surface area (Å²) in [6, 6.07) is -0.202. The number of fused-ring (bicyclic) bond motifs is 1. The van der Waals surface area contributed by atoms with Crippen LogP contribution in [-0.4, -0.2) is 94.8 Å². The number of aryl methyl sites for hydroxylation is 1. The van der Waals surface area contributed by atoms with Gasteiger partial charge in [-0.1, -0.05) is 0 Å². The summed E-state index contributed by atoms with van der Waals surface area (Å²) in [5.74, 6) is 1.05. The SMILES string of the molecule is CN1CC(S(=O)(=O)N2CCC(Nc3ncc4c(n3)N(C3CCCC3(C)O)C(=O)CC4)CC2)C1. The lowest BCUT2D eigenvalue weighted by atomic mass is 9.95. The quantitative estimate of drug-likeness (QED) is 0.631. The van der Waals surface area contributed by atoms with Crippen LogP contribution in [0.3, 0.4) is 0 Å². The minimum absolute atomic E-state index is 0.000482. The number of hydrogen-bond acceptors (Lipinski definition) is 8. The maximum Gasteiger partial charge on any atom is 0.228 e. The summed E-state index contributed by atoms with van der Waals surface area (Å²) in [5, 5.41) is 13.9. The Hall–Kier alpha value is -1.82. The van der Waals surface area contributed by atoms with Gasteiger partial charge in [-0.15, -0.1) is 0 Å². The monoisotopic (exact) mass is 478 g/mol. The van der Waals surface area contributed by atoms with Crippen molar-refractivity contribution in [2.45, 2.75) is 74.8 Å². The van der Waals surface area contributed by atoms with Crippen molar-refractivity contribution < 1.29 is 18.3 Å². The third-order valence-electron chi connectivity index (χ3n) is 7.74. The molecule has 10 nitrogen and oxygen atoms in total. The molecule has 0 spiro atoms. The molecule has 3 fully saturated rings. The lowest BCUT2D eigenvalue weighted by molar-refractivity contribution is -0.120. The maximum absolute atomic E-state index is 12.8. The molecule has 0 bridgehead atoms. The van der Waals surface area contributed by atoms with Crippen LogP contribution in [0.15, 0.2) is 6.20 Å². The highest BCUT2D eigenvalue weighted by molar-refractivity contribution is 7.89. The van der Waals surface area contributed by atoms with Gasteiger partial charge in [0.05, 0.1) is 11.6 Å². The lowest BCUT2D eigenvalue weighted by Crippen LogP contribution is -2.58. The third kappa shape index (κ3) is 4.24. The van der Waals surface area contributed by atoms with Gasteiger partial charge in [0.1, 0.15) is 11.1 Å². The van der Waals surface area contributed by atoms with Gasteiger partial charge in [-0.25, -0.2) is 17.7 Å². The zero-order chi connectivity index (χ0) is 23.4. The molecule has 2 unspecified atom stereocenters. The average Bonchev–Trinajstić information content (AvgIpc) is 3.10. The summed E-state index contributed by atoms with van der Waals surface area (Å²) in [5.41, 5.74) is 0.00495. The van der Waals surface area contributed by atoms with Crippen molar-refractivity contribution in [1.29, 1.82) is 0 Å². The van der Waals surface area contributed by atoms with Gasteiger partial charge < -0.3 is 15.3 Å². The number of carbonyl (C=O) groups is 1. The maximum atomic E-state index is 12.8. The van der Waals surface area contributed by atoms with Crippen LogP contribution >= 0.6 is 0 Å². The van der Waals surface area contributed by atoms with E-state index in [1.807, 2.05) is 11.9 Å². The third-order valence-corrected chi connectivity index (χ3v) is 9.96. The Morgan fingerprint density at radius 1 is 1.18 bits per heavy atom. The van der Waals surface area contributed by atoms with Crippen LogP contribution < -0.4 is 10.2 Å². The van der Waals surface area contributed by atoms with Crippen LogP contribution in [0.5, 0.6) is 0 Å². The number of amides is 1. The molecule has 2 N–H and O–H groups in total. The molecule has 4 aliphatic rings. The molecule has 182 valence electrons. The largest absolute Gasteiger partial charge is 0.388 e. The summed E-state index contributed by atoms with van der Waals surface area (Å²) in [4.78, 5) is 25.7. The molecular weight excluding hydrogens is 444 g/mol. The number of likely N-dealkylation sites (tertiary alicyclic amines) is 1. The predicted molar refractivity (Wildman–Crippen MR) is 125 cm³/mol. The van der Waals surface area contributed by atoms with Gasteiger partial charge in [-0.3, -0.25) is 9.69 Å². The number of aromatic nitrogens is 2. The number of piperidine rings is 1. The molecule has 1 aliphatic carbocycles. The molecule has 1 aromatic heterocycles. The Bertz CT molecular complexity index is 1020. The van der Waals surface area contributed by atoms with E-state index in [0.29, 0.717) is 70.0 Å². The molecule has 1 saturated carbocycles. The van der Waals surface area contributed by atoms with Gasteiger partial charge in [0.2, 0.25) is 21.9 Å². The smallest absolute Gasteiger partial charge is 0.228 e. The van der Waals surface area contributed by atoms with E-state index in [1.165, 1.54) is 0 Å². The van der Waals surface area contributed by atoms with Crippen LogP contribution in [0.2, 0.25) is 0 Å². The number of nitrogens with zero attached hydrogens (tertiary/aromatic N) is 5. The molecule has 0 radical (unpaired) electrons. The number of aliphatic hydroxyl groups is 1. The highest BCUT2D eigenvalue weighted by atomic mass is 32.2. The van der Waals surface area contributed by atoms with Crippen LogP contribution in [-0.2, 0) is 21.2 Å². The summed E-state index contributed by atoms with van der Waals surface area (Å²) in [6.45, 7) is 3.98. The second kappa shape index (κ2) is 8.44. The number of sulfonamides is 1. The molecule has 1 amide bonds. The van der Waals surface area contributed by atoms with Gasteiger partial charge in [0.25, 0.3) is 0 Å². The van der Waals surface area contributed by atoms with E-state index in [2.05, 4.69) is 10.3 Å². The van der Waals surface area contributed by atoms with Crippen molar-refractivity contribution in [3.8, 4) is 0 Å². The van der Waals surface area contributed by atoms with E-state index in [9.17, 15) is 18.3 Å². The van der Waals surface area contributed by atoms with Gasteiger partial charge in [-0.05, 0) is 52.5 Å². The summed E-state index contributed by atoms with van der Waals surface area (Å²) in [7, 11) is -1.30. The second-order valence-corrected chi connectivity index (χ2v) is 12.5. The normalized spacial score (nSPS) is 30.3. The van der Waals surface area contributed by atoms with Crippen molar-refractivity contribution >= 4 is 27.7 Å². The summed E-state index contributed by atoms with van der Waals surface area (Å²) >= 11 is 0. The second-order valence-electron chi connectivity index (χ2n) is 10.3. The van der Waals surface area contributed by atoms with Gasteiger partial charge >= 0.3 is 0 Å². The minimum atomic E-state index is -3.24. The van der Waals surface area contributed by atoms with Crippen LogP contribution in [0.4, 0.5) is 11.8 Å². The number of carbonyl (C=O) groups excluding carboxylic acids is 1. The highest BCUT2D eigenvalue weighted by Crippen LogP contribution is 2.39. The van der Waals surface area contributed by atoms with Crippen molar-refractivity contribution in [2.24, 2.45) is 0 Å². The Morgan fingerprint density at radius 2 is 1.91 bits per heavy atom. The van der Waals surface area contributed by atoms with Crippen molar-refractivity contribution in [1.82, 2.24) is 19.2 Å². The van der Waals surface area contributed by atoms with Crippen molar-refractivity contribution in [3.63, 3.8) is 0 Å². The average molecular weight is 479 g/mol. The fraction of sp³-hybridized carbons (Fsp3) is 0.773. The predicted octanol–water partition coefficient (Wildman–Crippen LogP) is 0.579. The fourth-order valence-corrected chi connectivity index (χ4v) is 7.70.